The molecule has 2 heterocycles. The number of nitrogens with two attached hydrogens (primary N) is 1. The Bertz CT molecular complexity index is 740. The first-order valence-electron chi connectivity index (χ1n) is 8.18. The van der Waals surface area contributed by atoms with Gasteiger partial charge in [0.1, 0.15) is 5.82 Å². The number of hydrogen-bond donors (Lipinski definition) is 2. The van der Waals surface area contributed by atoms with Gasteiger partial charge in [0, 0.05) is 43.5 Å². The zero-order valence-electron chi connectivity index (χ0n) is 13.6. The average Bonchev–Trinajstić information content (AvgIpc) is 2.62. The Kier molecular flexibility index (Phi) is 5.71. The molecule has 5 heteroatoms. The van der Waals surface area contributed by atoms with E-state index in [2.05, 4.69) is 39.2 Å². The lowest BCUT2D eigenvalue weighted by Crippen LogP contribution is -2.44. The van der Waals surface area contributed by atoms with Crippen molar-refractivity contribution >= 4 is 17.4 Å². The van der Waals surface area contributed by atoms with Crippen LogP contribution in [0.4, 0.5) is 5.82 Å². The molecule has 3 rings (SSSR count). The van der Waals surface area contributed by atoms with Crippen LogP contribution in [-0.2, 0) is 6.42 Å². The molecule has 1 saturated heterocycles. The van der Waals surface area contributed by atoms with Gasteiger partial charge in [-0.2, -0.15) is 0 Å². The van der Waals surface area contributed by atoms with Gasteiger partial charge in [0.25, 0.3) is 0 Å². The van der Waals surface area contributed by atoms with Gasteiger partial charge in [0.05, 0.1) is 5.02 Å². The molecule has 4 nitrogen and oxygen atoms in total. The van der Waals surface area contributed by atoms with Crippen molar-refractivity contribution in [3.8, 4) is 11.8 Å². The van der Waals surface area contributed by atoms with Crippen molar-refractivity contribution in [1.82, 2.24) is 10.3 Å². The van der Waals surface area contributed by atoms with Gasteiger partial charge in [-0.1, -0.05) is 35.6 Å². The minimum atomic E-state index is 0.655. The summed E-state index contributed by atoms with van der Waals surface area (Å²) in [5, 5.41) is 3.98. The highest BCUT2D eigenvalue weighted by atomic mass is 35.5. The Hall–Kier alpha value is -2.06. The smallest absolute Gasteiger partial charge is 0.147 e. The molecule has 124 valence electrons. The molecule has 24 heavy (non-hydrogen) atoms. The van der Waals surface area contributed by atoms with Crippen molar-refractivity contribution in [1.29, 1.82) is 0 Å². The van der Waals surface area contributed by atoms with Gasteiger partial charge in [-0.05, 0) is 36.7 Å². The van der Waals surface area contributed by atoms with Crippen LogP contribution in [0.5, 0.6) is 0 Å². The number of anilines is 1. The molecule has 0 saturated carbocycles. The number of nitrogens with one attached hydrogen (secondary N) is 1. The molecule has 3 N–H and O–H groups in total. The first-order chi connectivity index (χ1) is 11.8. The molecule has 1 aliphatic rings. The number of hydrogen-bond acceptors (Lipinski definition) is 4. The van der Waals surface area contributed by atoms with Crippen LogP contribution >= 0.6 is 11.6 Å². The maximum atomic E-state index is 6.40. The quantitative estimate of drug-likeness (QED) is 0.840. The molecule has 0 bridgehead atoms. The summed E-state index contributed by atoms with van der Waals surface area (Å²) in [6.45, 7) is 4.42. The summed E-state index contributed by atoms with van der Waals surface area (Å²) in [5.74, 6) is 7.13. The fourth-order valence-corrected chi connectivity index (χ4v) is 2.96. The normalized spacial score (nSPS) is 14.2. The highest BCUT2D eigenvalue weighted by Gasteiger charge is 2.14. The largest absolute Gasteiger partial charge is 0.353 e. The molecule has 1 aromatic carbocycles. The number of rotatable bonds is 3. The van der Waals surface area contributed by atoms with Crippen LogP contribution in [0.25, 0.3) is 0 Å². The van der Waals surface area contributed by atoms with Crippen molar-refractivity contribution in [2.45, 2.75) is 6.42 Å². The average molecular weight is 341 g/mol. The number of pyridine rings is 1. The zero-order valence-corrected chi connectivity index (χ0v) is 14.3. The summed E-state index contributed by atoms with van der Waals surface area (Å²) in [6.07, 6.45) is 2.68. The minimum absolute atomic E-state index is 0.655. The van der Waals surface area contributed by atoms with Crippen LogP contribution < -0.4 is 16.0 Å². The predicted molar refractivity (Wildman–Crippen MR) is 99.5 cm³/mol. The van der Waals surface area contributed by atoms with E-state index in [4.69, 9.17) is 17.3 Å². The Morgan fingerprint density at radius 3 is 2.50 bits per heavy atom. The third kappa shape index (κ3) is 4.27. The van der Waals surface area contributed by atoms with Crippen LogP contribution in [0, 0.1) is 11.8 Å². The number of piperazine rings is 1. The third-order valence-corrected chi connectivity index (χ3v) is 4.25. The van der Waals surface area contributed by atoms with Crippen LogP contribution in [0.1, 0.15) is 16.7 Å². The summed E-state index contributed by atoms with van der Waals surface area (Å²) >= 11 is 6.40. The molecule has 1 aromatic heterocycles. The van der Waals surface area contributed by atoms with E-state index in [0.29, 0.717) is 11.6 Å². The van der Waals surface area contributed by atoms with Gasteiger partial charge >= 0.3 is 0 Å². The van der Waals surface area contributed by atoms with Gasteiger partial charge in [0.15, 0.2) is 0 Å². The van der Waals surface area contributed by atoms with Crippen molar-refractivity contribution in [2.75, 3.05) is 37.6 Å². The maximum absolute atomic E-state index is 6.40. The molecule has 1 aliphatic heterocycles. The van der Waals surface area contributed by atoms with E-state index < -0.39 is 0 Å². The maximum Gasteiger partial charge on any atom is 0.147 e. The predicted octanol–water partition coefficient (Wildman–Crippen LogP) is 2.05. The number of nitrogens with zero attached hydrogens (tertiary/aromatic N) is 2. The second kappa shape index (κ2) is 8.16. The zero-order chi connectivity index (χ0) is 16.8. The molecular formula is C19H21ClN4. The fraction of sp³-hybridized carbons (Fsp3) is 0.316. The third-order valence-electron chi connectivity index (χ3n) is 3.98. The first-order valence-corrected chi connectivity index (χ1v) is 8.56. The van der Waals surface area contributed by atoms with E-state index in [1.165, 1.54) is 5.56 Å². The molecule has 0 atom stereocenters. The Balaban J connectivity index is 1.73. The Labute approximate surface area is 148 Å². The molecule has 0 spiro atoms. The van der Waals surface area contributed by atoms with Crippen molar-refractivity contribution in [3.05, 3.63) is 58.2 Å². The Morgan fingerprint density at radius 2 is 1.83 bits per heavy atom. The topological polar surface area (TPSA) is 54.2 Å². The van der Waals surface area contributed by atoms with Gasteiger partial charge in [-0.25, -0.2) is 4.98 Å². The van der Waals surface area contributed by atoms with Crippen LogP contribution in [0.3, 0.4) is 0 Å². The first kappa shape index (κ1) is 16.8. The number of benzene rings is 1. The summed E-state index contributed by atoms with van der Waals surface area (Å²) in [4.78, 5) is 6.70. The van der Waals surface area contributed by atoms with Gasteiger partial charge < -0.3 is 16.0 Å². The standard InChI is InChI=1S/C19H21ClN4/c20-18-13-17(14-23-19(18)24-11-9-22-10-12-24)6-5-15-1-3-16(4-2-15)7-8-21/h1-4,13-14,22H,7-12,21H2. The van der Waals surface area contributed by atoms with E-state index in [-0.39, 0.29) is 0 Å². The molecular weight excluding hydrogens is 320 g/mol. The van der Waals surface area contributed by atoms with Gasteiger partial charge in [-0.15, -0.1) is 0 Å². The van der Waals surface area contributed by atoms with Crippen molar-refractivity contribution in [3.63, 3.8) is 0 Å². The lowest BCUT2D eigenvalue weighted by atomic mass is 10.1. The highest BCUT2D eigenvalue weighted by molar-refractivity contribution is 6.33. The van der Waals surface area contributed by atoms with Gasteiger partial charge in [0.2, 0.25) is 0 Å². The van der Waals surface area contributed by atoms with Crippen LogP contribution in [-0.4, -0.2) is 37.7 Å². The van der Waals surface area contributed by atoms with E-state index in [0.717, 1.165) is 49.5 Å². The second-order valence-corrected chi connectivity index (χ2v) is 6.16. The summed E-state index contributed by atoms with van der Waals surface area (Å²) in [5.41, 5.74) is 8.58. The van der Waals surface area contributed by atoms with Crippen molar-refractivity contribution < 1.29 is 0 Å². The summed E-state index contributed by atoms with van der Waals surface area (Å²) in [6, 6.07) is 10.1. The van der Waals surface area contributed by atoms with E-state index in [1.54, 1.807) is 6.20 Å². The van der Waals surface area contributed by atoms with Gasteiger partial charge in [-0.3, -0.25) is 0 Å². The van der Waals surface area contributed by atoms with Crippen molar-refractivity contribution in [2.24, 2.45) is 5.73 Å². The lowest BCUT2D eigenvalue weighted by molar-refractivity contribution is 0.585. The van der Waals surface area contributed by atoms with Crippen LogP contribution in [0.2, 0.25) is 5.02 Å². The fourth-order valence-electron chi connectivity index (χ4n) is 2.67. The van der Waals surface area contributed by atoms with E-state index in [1.807, 2.05) is 18.2 Å². The SMILES string of the molecule is NCCc1ccc(C#Cc2cnc(N3CCNCC3)c(Cl)c2)cc1. The lowest BCUT2D eigenvalue weighted by Gasteiger charge is -2.28. The number of halogens is 1. The summed E-state index contributed by atoms with van der Waals surface area (Å²) in [7, 11) is 0. The monoisotopic (exact) mass is 340 g/mol. The van der Waals surface area contributed by atoms with Crippen LogP contribution in [0.15, 0.2) is 36.5 Å². The molecule has 2 aromatic rings. The second-order valence-electron chi connectivity index (χ2n) is 5.75. The molecule has 0 unspecified atom stereocenters. The molecule has 0 aliphatic carbocycles. The highest BCUT2D eigenvalue weighted by Crippen LogP contribution is 2.24. The minimum Gasteiger partial charge on any atom is -0.353 e. The molecule has 0 amide bonds. The van der Waals surface area contributed by atoms with E-state index in [9.17, 15) is 0 Å². The molecule has 1 fully saturated rings. The van der Waals surface area contributed by atoms with E-state index >= 15 is 0 Å². The number of aromatic nitrogens is 1. The summed E-state index contributed by atoms with van der Waals surface area (Å²) < 4.78 is 0. The molecule has 0 radical (unpaired) electrons. The Morgan fingerprint density at radius 1 is 1.12 bits per heavy atom.